The van der Waals surface area contributed by atoms with Gasteiger partial charge in [0.1, 0.15) is 24.3 Å². The molecule has 0 bridgehead atoms. The van der Waals surface area contributed by atoms with Gasteiger partial charge < -0.3 is 19.3 Å². The van der Waals surface area contributed by atoms with Gasteiger partial charge in [0.2, 0.25) is 17.4 Å². The lowest BCUT2D eigenvalue weighted by Gasteiger charge is -2.14. The van der Waals surface area contributed by atoms with Crippen LogP contribution < -0.4 is 10.3 Å². The maximum atomic E-state index is 13.3. The van der Waals surface area contributed by atoms with Crippen molar-refractivity contribution in [2.75, 3.05) is 25.7 Å². The molecule has 0 unspecified atom stereocenters. The number of ketones is 2. The zero-order valence-corrected chi connectivity index (χ0v) is 42.8. The lowest BCUT2D eigenvalue weighted by atomic mass is 10.0. The highest BCUT2D eigenvalue weighted by atomic mass is 35.5. The Bertz CT molecular complexity index is 3280. The number of hydrogen-bond donors (Lipinski definition) is 1. The van der Waals surface area contributed by atoms with Crippen molar-refractivity contribution in [2.45, 2.75) is 35.9 Å². The van der Waals surface area contributed by atoms with Gasteiger partial charge in [0.05, 0.1) is 49.3 Å². The Labute approximate surface area is 425 Å². The number of H-pyrrole nitrogens is 1. The van der Waals surface area contributed by atoms with Crippen molar-refractivity contribution in [1.29, 1.82) is 0 Å². The van der Waals surface area contributed by atoms with Gasteiger partial charge in [-0.2, -0.15) is 15.3 Å². The van der Waals surface area contributed by atoms with E-state index in [0.717, 1.165) is 46.3 Å². The molecule has 0 saturated heterocycles. The smallest absolute Gasteiger partial charge is 0.367 e. The van der Waals surface area contributed by atoms with Crippen molar-refractivity contribution in [3.63, 3.8) is 0 Å². The van der Waals surface area contributed by atoms with Gasteiger partial charge in [-0.1, -0.05) is 46.4 Å². The minimum atomic E-state index is -3.84. The largest absolute Gasteiger partial charge is 0.402 e. The van der Waals surface area contributed by atoms with Gasteiger partial charge in [0.15, 0.2) is 31.1 Å². The molecule has 6 aromatic rings. The molecule has 0 fully saturated rings. The molecule has 0 aliphatic heterocycles. The van der Waals surface area contributed by atoms with E-state index in [1.54, 1.807) is 14.1 Å². The van der Waals surface area contributed by atoms with E-state index in [0.29, 0.717) is 0 Å². The number of sulfone groups is 2. The van der Waals surface area contributed by atoms with E-state index in [1.807, 2.05) is 0 Å². The fraction of sp³-hybridized carbons (Fsp3) is 0.300. The third-order valence-corrected chi connectivity index (χ3v) is 13.1. The number of alkyl halides is 4. The highest BCUT2D eigenvalue weighted by Gasteiger charge is 2.29. The van der Waals surface area contributed by atoms with Crippen LogP contribution in [-0.4, -0.2) is 117 Å². The molecular weight excluding hydrogens is 1100 g/mol. The molecule has 0 aliphatic carbocycles. The SMILES string of the molecule is Cn1[nH]cc(C(=O)c2ccc(S(C)(=O)=O)c(COCC(F)F)c2Cl)c1=O.Cn1cc(Cl)c(C(=O)Cl)n1.Cn1cc(Cl)c(C(=O)Oc2c(C(=O)c3ccc(S(C)(=O)=O)c(COCC(F)F)c3Cl)cnn2C)n1. The third kappa shape index (κ3) is 14.8. The Hall–Kier alpha value is -5.45. The second-order valence-electron chi connectivity index (χ2n) is 14.5. The van der Waals surface area contributed by atoms with Crippen molar-refractivity contribution >= 4 is 100 Å². The molecule has 0 spiro atoms. The van der Waals surface area contributed by atoms with Crippen LogP contribution in [0.25, 0.3) is 0 Å². The first-order valence-corrected chi connectivity index (χ1v) is 25.0. The van der Waals surface area contributed by atoms with Crippen LogP contribution >= 0.6 is 58.0 Å². The number of benzene rings is 2. The van der Waals surface area contributed by atoms with Crippen LogP contribution in [0.15, 0.2) is 63.6 Å². The fourth-order valence-electron chi connectivity index (χ4n) is 5.97. The molecule has 4 aromatic heterocycles. The van der Waals surface area contributed by atoms with Gasteiger partial charge >= 0.3 is 5.97 Å². The molecule has 0 saturated carbocycles. The summed E-state index contributed by atoms with van der Waals surface area (Å²) in [5.41, 5.74) is -1.65. The first-order chi connectivity index (χ1) is 33.0. The number of aryl methyl sites for hydroxylation is 4. The summed E-state index contributed by atoms with van der Waals surface area (Å²) < 4.78 is 118. The van der Waals surface area contributed by atoms with E-state index in [-0.39, 0.29) is 80.5 Å². The molecule has 0 atom stereocenters. The average molecular weight is 1140 g/mol. The number of carbonyl (C=O) groups excluding carboxylic acids is 4. The number of aromatic nitrogens is 8. The second kappa shape index (κ2) is 24.3. The molecule has 0 aliphatic rings. The van der Waals surface area contributed by atoms with E-state index in [1.165, 1.54) is 48.1 Å². The van der Waals surface area contributed by atoms with Crippen molar-refractivity contribution in [3.05, 3.63) is 124 Å². The molecule has 20 nitrogen and oxygen atoms in total. The van der Waals surface area contributed by atoms with Gasteiger partial charge in [-0.25, -0.2) is 43.9 Å². The standard InChI is InChI=1S/C20H18Cl2F2N4O6S.C15H15ClF2N2O5S.C5H4Cl2N2O/c1-27-7-13(21)17(26-27)20(30)34-19-11(6-25-28(19)2)18(29)10-4-5-14(35(3,31)32)12(16(10)22)8-33-9-15(23)24;1-20-15(22)9(5-19-20)14(21)8-3-4-11(26(2,23)24)10(13(8)16)6-25-7-12(17)18;1-9-2-3(6)4(8-9)5(7)10/h4-7,15H,8-9H2,1-3H3;3-5,12,19H,6-7H2,1-2H3;2H,1H3. The van der Waals surface area contributed by atoms with Crippen LogP contribution in [0.5, 0.6) is 5.88 Å². The number of halogens is 9. The summed E-state index contributed by atoms with van der Waals surface area (Å²) >= 11 is 29.2. The molecule has 0 amide bonds. The number of carbonyl (C=O) groups is 4. The molecule has 31 heteroatoms. The number of rotatable bonds is 17. The number of aromatic amines is 1. The maximum Gasteiger partial charge on any atom is 0.367 e. The molecule has 4 heterocycles. The number of nitrogens with one attached hydrogen (secondary N) is 1. The normalized spacial score (nSPS) is 11.6. The van der Waals surface area contributed by atoms with Crippen molar-refractivity contribution in [2.24, 2.45) is 28.2 Å². The van der Waals surface area contributed by atoms with Crippen LogP contribution in [0.1, 0.15) is 63.9 Å². The van der Waals surface area contributed by atoms with Crippen molar-refractivity contribution < 1.29 is 67.8 Å². The summed E-state index contributed by atoms with van der Waals surface area (Å²) in [6.45, 7) is -3.00. The topological polar surface area (TPSA) is 255 Å². The highest BCUT2D eigenvalue weighted by molar-refractivity contribution is 7.91. The zero-order chi connectivity index (χ0) is 53.4. The van der Waals surface area contributed by atoms with Crippen LogP contribution in [0.2, 0.25) is 20.1 Å². The minimum absolute atomic E-state index is 0.0281. The van der Waals surface area contributed by atoms with E-state index < -0.39 is 87.3 Å². The Kier molecular flexibility index (Phi) is 19.9. The Morgan fingerprint density at radius 1 is 0.690 bits per heavy atom. The van der Waals surface area contributed by atoms with E-state index >= 15 is 0 Å². The molecule has 2 aromatic carbocycles. The molecule has 384 valence electrons. The average Bonchev–Trinajstić information content (AvgIpc) is 4.01. The first kappa shape index (κ1) is 58.1. The summed E-state index contributed by atoms with van der Waals surface area (Å²) in [7, 11) is -1.55. The van der Waals surface area contributed by atoms with E-state index in [2.05, 4.69) is 20.4 Å². The van der Waals surface area contributed by atoms with Gasteiger partial charge in [0, 0.05) is 81.5 Å². The van der Waals surface area contributed by atoms with Gasteiger partial charge in [-0.15, -0.1) is 0 Å². The van der Waals surface area contributed by atoms with Crippen LogP contribution in [0.4, 0.5) is 17.6 Å². The van der Waals surface area contributed by atoms with Crippen molar-refractivity contribution in [1.82, 2.24) is 39.1 Å². The van der Waals surface area contributed by atoms with Crippen LogP contribution in [0.3, 0.4) is 0 Å². The van der Waals surface area contributed by atoms with Crippen LogP contribution in [-0.2, 0) is 70.6 Å². The maximum absolute atomic E-state index is 13.3. The first-order valence-electron chi connectivity index (χ1n) is 19.4. The quantitative estimate of drug-likeness (QED) is 0.0453. The number of nitrogens with zero attached hydrogens (tertiary/aromatic N) is 7. The molecule has 1 N–H and O–H groups in total. The third-order valence-electron chi connectivity index (χ3n) is 9.12. The monoisotopic (exact) mass is 1140 g/mol. The molecule has 0 radical (unpaired) electrons. The van der Waals surface area contributed by atoms with Crippen LogP contribution in [0, 0.1) is 0 Å². The Balaban J connectivity index is 0.000000265. The summed E-state index contributed by atoms with van der Waals surface area (Å²) in [5.74, 6) is -2.70. The summed E-state index contributed by atoms with van der Waals surface area (Å²) in [5, 5.41) is 13.2. The highest BCUT2D eigenvalue weighted by Crippen LogP contribution is 2.33. The van der Waals surface area contributed by atoms with Crippen molar-refractivity contribution in [3.8, 4) is 5.88 Å². The lowest BCUT2D eigenvalue weighted by Crippen LogP contribution is -2.20. The summed E-state index contributed by atoms with van der Waals surface area (Å²) in [4.78, 5) is 60.3. The van der Waals surface area contributed by atoms with Gasteiger partial charge in [-0.05, 0) is 35.9 Å². The number of esters is 1. The molecule has 71 heavy (non-hydrogen) atoms. The molecule has 6 rings (SSSR count). The number of hydrogen-bond acceptors (Lipinski definition) is 15. The predicted octanol–water partition coefficient (Wildman–Crippen LogP) is 6.33. The van der Waals surface area contributed by atoms with E-state index in [4.69, 9.17) is 72.2 Å². The molecular formula is C40H37Cl5F4N8O12S2. The zero-order valence-electron chi connectivity index (χ0n) is 37.3. The summed E-state index contributed by atoms with van der Waals surface area (Å²) in [6.07, 6.45) is 1.49. The lowest BCUT2D eigenvalue weighted by molar-refractivity contribution is 0.00912. The van der Waals surface area contributed by atoms with Gasteiger partial charge in [-0.3, -0.25) is 33.2 Å². The Morgan fingerprint density at radius 3 is 1.48 bits per heavy atom. The predicted molar refractivity (Wildman–Crippen MR) is 248 cm³/mol. The summed E-state index contributed by atoms with van der Waals surface area (Å²) in [6, 6.07) is 4.58. The van der Waals surface area contributed by atoms with Gasteiger partial charge in [0.25, 0.3) is 23.7 Å². The second-order valence-corrected chi connectivity index (χ2v) is 20.4. The number of ether oxygens (including phenoxy) is 3. The fourth-order valence-corrected chi connectivity index (χ4v) is 9.25. The van der Waals surface area contributed by atoms with E-state index in [9.17, 15) is 58.4 Å². The Morgan fingerprint density at radius 2 is 1.13 bits per heavy atom. The minimum Gasteiger partial charge on any atom is -0.402 e.